The van der Waals surface area contributed by atoms with Crippen molar-refractivity contribution >= 4 is 17.8 Å². The van der Waals surface area contributed by atoms with E-state index in [1.807, 2.05) is 77.1 Å². The highest BCUT2D eigenvalue weighted by molar-refractivity contribution is 5.99. The van der Waals surface area contributed by atoms with Gasteiger partial charge in [-0.1, -0.05) is 44.2 Å². The second-order valence-corrected chi connectivity index (χ2v) is 10.5. The molecule has 1 unspecified atom stereocenters. The van der Waals surface area contributed by atoms with Crippen molar-refractivity contribution in [3.05, 3.63) is 65.2 Å². The normalized spacial score (nSPS) is 23.7. The monoisotopic (exact) mass is 462 g/mol. The molecule has 7 heteroatoms. The molecule has 2 heterocycles. The van der Waals surface area contributed by atoms with Crippen LogP contribution in [-0.4, -0.2) is 33.8 Å². The van der Waals surface area contributed by atoms with Crippen LogP contribution in [0.15, 0.2) is 53.5 Å². The van der Waals surface area contributed by atoms with Gasteiger partial charge in [-0.25, -0.2) is 4.99 Å². The predicted molar refractivity (Wildman–Crippen MR) is 132 cm³/mol. The number of para-hydroxylation sites is 1. The van der Waals surface area contributed by atoms with Crippen molar-refractivity contribution in [2.45, 2.75) is 71.2 Å². The molecule has 0 spiro atoms. The number of nitrogens with two attached hydrogens (primary N) is 1. The lowest BCUT2D eigenvalue weighted by Gasteiger charge is -2.38. The van der Waals surface area contributed by atoms with Gasteiger partial charge in [0.1, 0.15) is 11.4 Å². The Morgan fingerprint density at radius 1 is 1.21 bits per heavy atom. The number of ether oxygens (including phenoxy) is 1. The number of guanidine groups is 1. The quantitative estimate of drug-likeness (QED) is 0.697. The minimum absolute atomic E-state index is 0.0559. The molecule has 34 heavy (non-hydrogen) atoms. The van der Waals surface area contributed by atoms with Crippen LogP contribution in [0.4, 0.5) is 0 Å². The second-order valence-electron chi connectivity index (χ2n) is 10.5. The largest absolute Gasteiger partial charge is 0.487 e. The molecule has 2 aromatic rings. The summed E-state index contributed by atoms with van der Waals surface area (Å²) in [5.74, 6) is 0.996. The van der Waals surface area contributed by atoms with E-state index in [9.17, 15) is 9.59 Å². The zero-order valence-electron chi connectivity index (χ0n) is 20.6. The summed E-state index contributed by atoms with van der Waals surface area (Å²) in [6, 6.07) is 14.9. The third-order valence-electron chi connectivity index (χ3n) is 6.91. The second kappa shape index (κ2) is 8.78. The number of amides is 2. The van der Waals surface area contributed by atoms with E-state index in [0.29, 0.717) is 18.4 Å². The average molecular weight is 463 g/mol. The Labute approximate surface area is 201 Å². The van der Waals surface area contributed by atoms with Gasteiger partial charge in [-0.15, -0.1) is 0 Å². The fraction of sp³-hybridized carbons (Fsp3) is 0.444. The average Bonchev–Trinajstić information content (AvgIpc) is 2.75. The molecule has 2 amide bonds. The van der Waals surface area contributed by atoms with Crippen LogP contribution in [0.1, 0.15) is 75.0 Å². The number of rotatable bonds is 5. The van der Waals surface area contributed by atoms with Crippen LogP contribution >= 0.6 is 0 Å². The molecule has 7 nitrogen and oxygen atoms in total. The van der Waals surface area contributed by atoms with Gasteiger partial charge in [-0.2, -0.15) is 0 Å². The van der Waals surface area contributed by atoms with Gasteiger partial charge in [0, 0.05) is 17.5 Å². The van der Waals surface area contributed by atoms with Crippen LogP contribution in [0.5, 0.6) is 5.75 Å². The number of nitrogens with zero attached hydrogens (tertiary/aromatic N) is 2. The van der Waals surface area contributed by atoms with Gasteiger partial charge in [-0.05, 0) is 50.5 Å². The van der Waals surface area contributed by atoms with Gasteiger partial charge in [-0.3, -0.25) is 14.5 Å². The Bertz CT molecular complexity index is 1140. The summed E-state index contributed by atoms with van der Waals surface area (Å²) in [5, 5.41) is 3.17. The zero-order valence-corrected chi connectivity index (χ0v) is 20.6. The van der Waals surface area contributed by atoms with Crippen molar-refractivity contribution < 1.29 is 14.3 Å². The molecule has 0 fully saturated rings. The maximum absolute atomic E-state index is 13.2. The molecule has 2 atom stereocenters. The SMILES string of the molecule is CC(C)[C@]1(C)CC(=O)N(Cc2cccc(C(=O)NC3CC(C)(C)Oc4ccccc43)c2)C(N)=N1. The predicted octanol–water partition coefficient (Wildman–Crippen LogP) is 4.18. The zero-order chi connectivity index (χ0) is 24.7. The third-order valence-corrected chi connectivity index (χ3v) is 6.91. The fourth-order valence-electron chi connectivity index (χ4n) is 4.56. The summed E-state index contributed by atoms with van der Waals surface area (Å²) in [5.41, 5.74) is 7.64. The molecule has 180 valence electrons. The number of hydrogen-bond acceptors (Lipinski definition) is 5. The maximum atomic E-state index is 13.2. The highest BCUT2D eigenvalue weighted by Gasteiger charge is 2.38. The van der Waals surface area contributed by atoms with Crippen LogP contribution < -0.4 is 15.8 Å². The lowest BCUT2D eigenvalue weighted by atomic mass is 9.84. The lowest BCUT2D eigenvalue weighted by Crippen LogP contribution is -2.51. The van der Waals surface area contributed by atoms with Crippen molar-refractivity contribution in [2.24, 2.45) is 16.6 Å². The fourth-order valence-corrected chi connectivity index (χ4v) is 4.56. The molecule has 3 N–H and O–H groups in total. The van der Waals surface area contributed by atoms with Crippen molar-refractivity contribution in [3.8, 4) is 5.75 Å². The van der Waals surface area contributed by atoms with Gasteiger partial charge >= 0.3 is 0 Å². The summed E-state index contributed by atoms with van der Waals surface area (Å²) in [6.45, 7) is 10.4. The van der Waals surface area contributed by atoms with Gasteiger partial charge in [0.25, 0.3) is 5.91 Å². The van der Waals surface area contributed by atoms with Crippen molar-refractivity contribution in [2.75, 3.05) is 0 Å². The first-order valence-electron chi connectivity index (χ1n) is 11.8. The van der Waals surface area contributed by atoms with Crippen LogP contribution in [-0.2, 0) is 11.3 Å². The molecular weight excluding hydrogens is 428 g/mol. The molecule has 2 aliphatic heterocycles. The minimum atomic E-state index is -0.493. The molecule has 2 aliphatic rings. The molecule has 0 aliphatic carbocycles. The summed E-state index contributed by atoms with van der Waals surface area (Å²) >= 11 is 0. The summed E-state index contributed by atoms with van der Waals surface area (Å²) in [6.07, 6.45) is 0.976. The maximum Gasteiger partial charge on any atom is 0.251 e. The molecule has 4 rings (SSSR count). The van der Waals surface area contributed by atoms with E-state index in [2.05, 4.69) is 10.3 Å². The van der Waals surface area contributed by atoms with Crippen molar-refractivity contribution in [3.63, 3.8) is 0 Å². The van der Waals surface area contributed by atoms with E-state index in [1.54, 1.807) is 6.07 Å². The van der Waals surface area contributed by atoms with E-state index in [4.69, 9.17) is 10.5 Å². The smallest absolute Gasteiger partial charge is 0.251 e. The summed E-state index contributed by atoms with van der Waals surface area (Å²) < 4.78 is 6.08. The van der Waals surface area contributed by atoms with E-state index >= 15 is 0 Å². The lowest BCUT2D eigenvalue weighted by molar-refractivity contribution is -0.130. The summed E-state index contributed by atoms with van der Waals surface area (Å²) in [4.78, 5) is 32.2. The summed E-state index contributed by atoms with van der Waals surface area (Å²) in [7, 11) is 0. The van der Waals surface area contributed by atoms with Crippen LogP contribution in [0.25, 0.3) is 0 Å². The van der Waals surface area contributed by atoms with Gasteiger partial charge in [0.15, 0.2) is 5.96 Å². The number of fused-ring (bicyclic) bond motifs is 1. The highest BCUT2D eigenvalue weighted by Crippen LogP contribution is 2.39. The molecule has 0 radical (unpaired) electrons. The molecule has 0 bridgehead atoms. The number of benzene rings is 2. The van der Waals surface area contributed by atoms with Crippen molar-refractivity contribution in [1.82, 2.24) is 10.2 Å². The first kappa shape index (κ1) is 23.8. The topological polar surface area (TPSA) is 97.0 Å². The Morgan fingerprint density at radius 3 is 2.65 bits per heavy atom. The van der Waals surface area contributed by atoms with Gasteiger partial charge < -0.3 is 15.8 Å². The Balaban J connectivity index is 1.51. The molecule has 2 aromatic carbocycles. The van der Waals surface area contributed by atoms with Gasteiger partial charge in [0.05, 0.1) is 24.5 Å². The van der Waals surface area contributed by atoms with Crippen molar-refractivity contribution in [1.29, 1.82) is 0 Å². The van der Waals surface area contributed by atoms with Crippen LogP contribution in [0.2, 0.25) is 0 Å². The molecule has 0 aromatic heterocycles. The first-order valence-corrected chi connectivity index (χ1v) is 11.8. The van der Waals surface area contributed by atoms with E-state index < -0.39 is 5.54 Å². The Morgan fingerprint density at radius 2 is 1.94 bits per heavy atom. The standard InChI is InChI=1S/C27H34N4O3/c1-17(2)27(5)15-23(32)31(25(28)30-27)16-18-9-8-10-19(13-18)24(33)29-21-14-26(3,4)34-22-12-7-6-11-20(21)22/h6-13,17,21H,14-16H2,1-5H3,(H2,28,30)(H,29,33)/t21?,27-/m0/s1. The number of carbonyl (C=O) groups is 2. The minimum Gasteiger partial charge on any atom is -0.487 e. The Kier molecular flexibility index (Phi) is 6.14. The number of aliphatic imine (C=N–C) groups is 1. The van der Waals surface area contributed by atoms with E-state index in [1.165, 1.54) is 4.90 Å². The van der Waals surface area contributed by atoms with E-state index in [0.717, 1.165) is 16.9 Å². The van der Waals surface area contributed by atoms with E-state index in [-0.39, 0.29) is 41.9 Å². The molecular formula is C27H34N4O3. The first-order chi connectivity index (χ1) is 16.0. The number of carbonyl (C=O) groups excluding carboxylic acids is 2. The number of nitrogens with one attached hydrogen (secondary N) is 1. The van der Waals surface area contributed by atoms with Crippen LogP contribution in [0.3, 0.4) is 0 Å². The molecule has 0 saturated carbocycles. The highest BCUT2D eigenvalue weighted by atomic mass is 16.5. The van der Waals surface area contributed by atoms with Crippen LogP contribution in [0, 0.1) is 5.92 Å². The third kappa shape index (κ3) is 4.79. The number of hydrogen-bond donors (Lipinski definition) is 2. The molecule has 0 saturated heterocycles. The Hall–Kier alpha value is -3.35. The van der Waals surface area contributed by atoms with Gasteiger partial charge in [0.2, 0.25) is 5.91 Å².